The molecule has 77 valence electrons. The summed E-state index contributed by atoms with van der Waals surface area (Å²) in [5.41, 5.74) is 0. The van der Waals surface area contributed by atoms with Gasteiger partial charge in [0.15, 0.2) is 6.10 Å². The van der Waals surface area contributed by atoms with Gasteiger partial charge in [0, 0.05) is 51.4 Å². The quantitative estimate of drug-likeness (QED) is 0.244. The number of hydrogen-bond donors (Lipinski definition) is 5. The fourth-order valence-corrected chi connectivity index (χ4v) is 0.600. The minimum absolute atomic E-state index is 0. The van der Waals surface area contributed by atoms with Crippen molar-refractivity contribution in [2.45, 2.75) is 18.3 Å². The van der Waals surface area contributed by atoms with Crippen LogP contribution in [-0.4, -0.2) is 114 Å². The van der Waals surface area contributed by atoms with E-state index < -0.39 is 36.7 Å². The van der Waals surface area contributed by atoms with E-state index in [1.54, 1.807) is 0 Å². The summed E-state index contributed by atoms with van der Waals surface area (Å²) in [6.07, 6.45) is -5.99. The van der Waals surface area contributed by atoms with Gasteiger partial charge < -0.3 is 25.5 Å². The van der Waals surface area contributed by atoms with Crippen LogP contribution in [0.4, 0.5) is 0 Å². The fraction of sp³-hybridized carbons (Fsp3) is 0.667. The second-order valence-electron chi connectivity index (χ2n) is 2.35. The summed E-state index contributed by atoms with van der Waals surface area (Å²) in [5.74, 6) is -3.56. The van der Waals surface area contributed by atoms with E-state index in [1.165, 1.54) is 0 Å². The van der Waals surface area contributed by atoms with Gasteiger partial charge in [-0.2, -0.15) is 0 Å². The first-order chi connectivity index (χ1) is 5.91. The van der Waals surface area contributed by atoms with E-state index >= 15 is 0 Å². The van der Waals surface area contributed by atoms with Crippen LogP contribution in [-0.2, 0) is 9.59 Å². The van der Waals surface area contributed by atoms with Crippen molar-refractivity contribution in [3.05, 3.63) is 0 Å². The third-order valence-electron chi connectivity index (χ3n) is 1.38. The number of carboxylic acid groups (broad SMARTS) is 1. The average molecular weight is 233 g/mol. The minimum atomic E-state index is -2.24. The molecule has 14 heavy (non-hydrogen) atoms. The molecule has 3 atom stereocenters. The van der Waals surface area contributed by atoms with Crippen LogP contribution in [0.15, 0.2) is 0 Å². The zero-order valence-electron chi connectivity index (χ0n) is 7.49. The summed E-state index contributed by atoms with van der Waals surface area (Å²) in [4.78, 5) is 20.5. The van der Waals surface area contributed by atoms with Crippen LogP contribution in [0.25, 0.3) is 0 Å². The summed E-state index contributed by atoms with van der Waals surface area (Å²) < 4.78 is 0. The van der Waals surface area contributed by atoms with Crippen molar-refractivity contribution in [3.63, 3.8) is 0 Å². The van der Waals surface area contributed by atoms with Gasteiger partial charge in [0.05, 0.1) is 6.61 Å². The molecule has 1 radical (unpaired) electrons. The van der Waals surface area contributed by atoms with Crippen molar-refractivity contribution in [1.82, 2.24) is 0 Å². The van der Waals surface area contributed by atoms with Gasteiger partial charge in [-0.15, -0.1) is 0 Å². The average Bonchev–Trinajstić information content (AvgIpc) is 2.12. The Morgan fingerprint density at radius 3 is 1.86 bits per heavy atom. The normalized spacial score (nSPS) is 16.3. The molecule has 0 aliphatic carbocycles. The molecule has 0 aromatic heterocycles. The molecule has 0 heterocycles. The van der Waals surface area contributed by atoms with E-state index in [0.717, 1.165) is 0 Å². The predicted molar refractivity (Wildman–Crippen MR) is 43.5 cm³/mol. The molecule has 0 unspecified atom stereocenters. The Balaban J connectivity index is 0. The molecule has 8 heteroatoms. The van der Waals surface area contributed by atoms with Gasteiger partial charge in [-0.25, -0.2) is 4.79 Å². The number of aliphatic carboxylic acids is 1. The molecular weight excluding hydrogens is 223 g/mol. The Hall–Kier alpha value is 0.616. The van der Waals surface area contributed by atoms with Gasteiger partial charge in [-0.1, -0.05) is 0 Å². The third kappa shape index (κ3) is 4.91. The molecule has 0 aromatic carbocycles. The van der Waals surface area contributed by atoms with Crippen LogP contribution >= 0.6 is 0 Å². The predicted octanol–water partition coefficient (Wildman–Crippen LogP) is -3.67. The largest absolute Gasteiger partial charge is 0.475 e. The van der Waals surface area contributed by atoms with Crippen molar-refractivity contribution >= 4 is 63.1 Å². The van der Waals surface area contributed by atoms with Crippen LogP contribution in [0.5, 0.6) is 0 Å². The standard InChI is InChI=1S/C6H10O7.K/c7-1-2(8)3(9)4(10)5(11)6(12)13;/h2-4,7-10H,1H2,(H,12,13);/t2-,3+,4-;/m1./s1. The molecule has 0 aromatic rings. The Morgan fingerprint density at radius 1 is 1.14 bits per heavy atom. The zero-order chi connectivity index (χ0) is 10.6. The monoisotopic (exact) mass is 233 g/mol. The van der Waals surface area contributed by atoms with Gasteiger partial charge >= 0.3 is 5.97 Å². The van der Waals surface area contributed by atoms with Crippen molar-refractivity contribution in [2.24, 2.45) is 0 Å². The van der Waals surface area contributed by atoms with Crippen molar-refractivity contribution < 1.29 is 35.1 Å². The van der Waals surface area contributed by atoms with Gasteiger partial charge in [0.1, 0.15) is 12.2 Å². The summed E-state index contributed by atoms with van der Waals surface area (Å²) in [6, 6.07) is 0. The first-order valence-electron chi connectivity index (χ1n) is 3.34. The summed E-state index contributed by atoms with van der Waals surface area (Å²) in [7, 11) is 0. The fourth-order valence-electron chi connectivity index (χ4n) is 0.600. The maximum absolute atomic E-state index is 10.5. The summed E-state index contributed by atoms with van der Waals surface area (Å²) >= 11 is 0. The Morgan fingerprint density at radius 2 is 1.57 bits per heavy atom. The molecule has 0 fully saturated rings. The number of ketones is 1. The molecule has 0 amide bonds. The van der Waals surface area contributed by atoms with Crippen LogP contribution < -0.4 is 0 Å². The van der Waals surface area contributed by atoms with E-state index in [4.69, 9.17) is 25.5 Å². The maximum Gasteiger partial charge on any atom is 0.375 e. The smallest absolute Gasteiger partial charge is 0.375 e. The second kappa shape index (κ2) is 7.85. The summed E-state index contributed by atoms with van der Waals surface area (Å²) in [5, 5.41) is 42.8. The Labute approximate surface area is 122 Å². The summed E-state index contributed by atoms with van der Waals surface area (Å²) in [6.45, 7) is -0.884. The van der Waals surface area contributed by atoms with Crippen LogP contribution in [0, 0.1) is 0 Å². The van der Waals surface area contributed by atoms with Crippen LogP contribution in [0.2, 0.25) is 0 Å². The molecule has 5 N–H and O–H groups in total. The molecule has 7 nitrogen and oxygen atoms in total. The third-order valence-corrected chi connectivity index (χ3v) is 1.38. The van der Waals surface area contributed by atoms with Crippen molar-refractivity contribution in [1.29, 1.82) is 0 Å². The maximum atomic E-state index is 10.5. The van der Waals surface area contributed by atoms with Crippen LogP contribution in [0.1, 0.15) is 0 Å². The number of carboxylic acids is 1. The Kier molecular flexibility index (Phi) is 9.55. The van der Waals surface area contributed by atoms with E-state index in [0.29, 0.717) is 0 Å². The van der Waals surface area contributed by atoms with E-state index in [1.807, 2.05) is 0 Å². The van der Waals surface area contributed by atoms with Gasteiger partial charge in [-0.05, 0) is 0 Å². The van der Waals surface area contributed by atoms with Gasteiger partial charge in [0.2, 0.25) is 0 Å². The second-order valence-corrected chi connectivity index (χ2v) is 2.35. The number of Topliss-reactive ketones (excluding diaryl/α,β-unsaturated/α-hetero) is 1. The van der Waals surface area contributed by atoms with Gasteiger partial charge in [-0.3, -0.25) is 4.79 Å². The van der Waals surface area contributed by atoms with E-state index in [2.05, 4.69) is 0 Å². The molecule has 0 rings (SSSR count). The first kappa shape index (κ1) is 17.0. The van der Waals surface area contributed by atoms with Crippen molar-refractivity contribution in [2.75, 3.05) is 6.61 Å². The molecule has 0 spiro atoms. The first-order valence-corrected chi connectivity index (χ1v) is 3.34. The van der Waals surface area contributed by atoms with Crippen LogP contribution in [0.3, 0.4) is 0 Å². The number of carbonyl (C=O) groups is 2. The van der Waals surface area contributed by atoms with Crippen molar-refractivity contribution in [3.8, 4) is 0 Å². The number of rotatable bonds is 5. The number of aliphatic hydroxyl groups is 4. The van der Waals surface area contributed by atoms with Gasteiger partial charge in [0.25, 0.3) is 5.78 Å². The number of carbonyl (C=O) groups excluding carboxylic acids is 1. The molecule has 0 bridgehead atoms. The molecule has 0 saturated heterocycles. The molecular formula is C6H10KO7. The topological polar surface area (TPSA) is 135 Å². The molecule has 0 saturated carbocycles. The van der Waals surface area contributed by atoms with E-state index in [9.17, 15) is 9.59 Å². The minimum Gasteiger partial charge on any atom is -0.475 e. The van der Waals surface area contributed by atoms with E-state index in [-0.39, 0.29) is 51.4 Å². The zero-order valence-corrected chi connectivity index (χ0v) is 10.6. The molecule has 0 aliphatic heterocycles. The number of hydrogen-bond acceptors (Lipinski definition) is 6. The number of aliphatic hydroxyl groups excluding tert-OH is 4. The Bertz CT molecular complexity index is 206. The molecule has 0 aliphatic rings. The SMILES string of the molecule is O=C(O)C(=O)[C@H](O)[C@@H](O)[C@H](O)CO.[K].